The van der Waals surface area contributed by atoms with Gasteiger partial charge >= 0.3 is 0 Å². The first-order valence-corrected chi connectivity index (χ1v) is 10.3. The van der Waals surface area contributed by atoms with Gasteiger partial charge in [0.05, 0.1) is 32.1 Å². The van der Waals surface area contributed by atoms with Crippen molar-refractivity contribution in [2.45, 2.75) is 44.4 Å². The van der Waals surface area contributed by atoms with Crippen molar-refractivity contribution < 1.29 is 14.2 Å². The van der Waals surface area contributed by atoms with Crippen LogP contribution < -0.4 is 19.3 Å². The molecule has 2 unspecified atom stereocenters. The van der Waals surface area contributed by atoms with Gasteiger partial charge in [-0.05, 0) is 19.4 Å². The van der Waals surface area contributed by atoms with E-state index in [1.807, 2.05) is 12.1 Å². The van der Waals surface area contributed by atoms with E-state index in [9.17, 15) is 0 Å². The molecule has 0 spiro atoms. The van der Waals surface area contributed by atoms with Crippen LogP contribution in [0.25, 0.3) is 0 Å². The van der Waals surface area contributed by atoms with E-state index in [0.29, 0.717) is 18.0 Å². The number of rotatable bonds is 5. The SMILES string of the molecule is COc1ccc(OC2CCN(c3ncnc(N4CC5CC4CO5)c3C)CC2)cn1. The summed E-state index contributed by atoms with van der Waals surface area (Å²) in [6.07, 6.45) is 6.99. The van der Waals surface area contributed by atoms with Crippen LogP contribution >= 0.6 is 0 Å². The Morgan fingerprint density at radius 1 is 1.10 bits per heavy atom. The van der Waals surface area contributed by atoms with Crippen LogP contribution in [0.1, 0.15) is 24.8 Å². The number of ether oxygens (including phenoxy) is 3. The van der Waals surface area contributed by atoms with Crippen LogP contribution in [0.3, 0.4) is 0 Å². The van der Waals surface area contributed by atoms with Gasteiger partial charge in [-0.25, -0.2) is 15.0 Å². The Kier molecular flexibility index (Phi) is 4.87. The summed E-state index contributed by atoms with van der Waals surface area (Å²) in [5, 5.41) is 0. The fourth-order valence-corrected chi connectivity index (χ4v) is 4.63. The van der Waals surface area contributed by atoms with E-state index in [4.69, 9.17) is 14.2 Å². The molecule has 8 heteroatoms. The Morgan fingerprint density at radius 2 is 1.93 bits per heavy atom. The number of methoxy groups -OCH3 is 1. The quantitative estimate of drug-likeness (QED) is 0.760. The van der Waals surface area contributed by atoms with Crippen molar-refractivity contribution >= 4 is 11.6 Å². The molecule has 0 N–H and O–H groups in total. The number of pyridine rings is 1. The molecule has 3 aliphatic rings. The molecular weight excluding hydrogens is 370 g/mol. The van der Waals surface area contributed by atoms with Gasteiger partial charge in [-0.2, -0.15) is 0 Å². The van der Waals surface area contributed by atoms with E-state index in [1.54, 1.807) is 19.6 Å². The predicted molar refractivity (Wildman–Crippen MR) is 109 cm³/mol. The fraction of sp³-hybridized carbons (Fsp3) is 0.571. The summed E-state index contributed by atoms with van der Waals surface area (Å²) < 4.78 is 17.0. The molecule has 29 heavy (non-hydrogen) atoms. The summed E-state index contributed by atoms with van der Waals surface area (Å²) >= 11 is 0. The molecule has 0 radical (unpaired) electrons. The minimum Gasteiger partial charge on any atom is -0.489 e. The lowest BCUT2D eigenvalue weighted by molar-refractivity contribution is 0.0988. The second-order valence-corrected chi connectivity index (χ2v) is 7.98. The van der Waals surface area contributed by atoms with Crippen LogP contribution in [-0.2, 0) is 4.74 Å². The monoisotopic (exact) mass is 397 g/mol. The van der Waals surface area contributed by atoms with E-state index in [2.05, 4.69) is 31.7 Å². The molecular formula is C21H27N5O3. The van der Waals surface area contributed by atoms with Crippen molar-refractivity contribution in [2.24, 2.45) is 0 Å². The maximum absolute atomic E-state index is 6.11. The smallest absolute Gasteiger partial charge is 0.213 e. The third-order valence-corrected chi connectivity index (χ3v) is 6.17. The van der Waals surface area contributed by atoms with Crippen molar-refractivity contribution in [3.63, 3.8) is 0 Å². The second-order valence-electron chi connectivity index (χ2n) is 7.98. The number of piperidine rings is 1. The molecule has 3 fully saturated rings. The summed E-state index contributed by atoms with van der Waals surface area (Å²) in [7, 11) is 1.61. The summed E-state index contributed by atoms with van der Waals surface area (Å²) in [5.74, 6) is 3.49. The summed E-state index contributed by atoms with van der Waals surface area (Å²) in [4.78, 5) is 18.2. The standard InChI is InChI=1S/C21H27N5O3/c1-14-20(23-13-24-21(14)26-11-18-9-15(26)12-28-18)25-7-5-16(6-8-25)29-17-3-4-19(27-2)22-10-17/h3-4,10,13,15-16,18H,5-9,11-12H2,1-2H3. The molecule has 2 bridgehead atoms. The Bertz CT molecular complexity index is 854. The van der Waals surface area contributed by atoms with E-state index in [1.165, 1.54) is 5.56 Å². The third-order valence-electron chi connectivity index (χ3n) is 6.17. The minimum atomic E-state index is 0.189. The van der Waals surface area contributed by atoms with Gasteiger partial charge < -0.3 is 24.0 Å². The van der Waals surface area contributed by atoms with Crippen LogP contribution in [-0.4, -0.2) is 66.6 Å². The zero-order chi connectivity index (χ0) is 19.8. The molecule has 0 saturated carbocycles. The number of fused-ring (bicyclic) bond motifs is 2. The third kappa shape index (κ3) is 3.57. The molecule has 2 aromatic rings. The second kappa shape index (κ2) is 7.67. The van der Waals surface area contributed by atoms with Crippen LogP contribution in [0.2, 0.25) is 0 Å². The number of anilines is 2. The average molecular weight is 397 g/mol. The van der Waals surface area contributed by atoms with E-state index in [-0.39, 0.29) is 6.10 Å². The van der Waals surface area contributed by atoms with Crippen molar-refractivity contribution in [3.05, 3.63) is 30.2 Å². The lowest BCUT2D eigenvalue weighted by Crippen LogP contribution is -2.40. The Morgan fingerprint density at radius 3 is 2.59 bits per heavy atom. The highest BCUT2D eigenvalue weighted by Crippen LogP contribution is 2.35. The number of hydrogen-bond acceptors (Lipinski definition) is 8. The molecule has 5 heterocycles. The van der Waals surface area contributed by atoms with Gasteiger partial charge in [0.15, 0.2) is 0 Å². The molecule has 0 aromatic carbocycles. The van der Waals surface area contributed by atoms with E-state index in [0.717, 1.165) is 62.9 Å². The molecule has 0 aliphatic carbocycles. The van der Waals surface area contributed by atoms with Gasteiger partial charge in [0.2, 0.25) is 5.88 Å². The molecule has 2 atom stereocenters. The number of hydrogen-bond donors (Lipinski definition) is 0. The molecule has 2 aromatic heterocycles. The van der Waals surface area contributed by atoms with Crippen molar-refractivity contribution in [1.82, 2.24) is 15.0 Å². The maximum Gasteiger partial charge on any atom is 0.213 e. The molecule has 5 rings (SSSR count). The Hall–Kier alpha value is -2.61. The van der Waals surface area contributed by atoms with E-state index < -0.39 is 0 Å². The van der Waals surface area contributed by atoms with Gasteiger partial charge in [-0.15, -0.1) is 0 Å². The van der Waals surface area contributed by atoms with Crippen LogP contribution in [0.5, 0.6) is 11.6 Å². The zero-order valence-electron chi connectivity index (χ0n) is 17.0. The lowest BCUT2D eigenvalue weighted by Gasteiger charge is -2.35. The first-order chi connectivity index (χ1) is 14.2. The minimum absolute atomic E-state index is 0.189. The average Bonchev–Trinajstić information content (AvgIpc) is 3.39. The molecule has 3 saturated heterocycles. The highest BCUT2D eigenvalue weighted by atomic mass is 16.5. The zero-order valence-corrected chi connectivity index (χ0v) is 17.0. The van der Waals surface area contributed by atoms with Gasteiger partial charge in [0.1, 0.15) is 29.8 Å². The van der Waals surface area contributed by atoms with Gasteiger partial charge in [-0.3, -0.25) is 0 Å². The molecule has 154 valence electrons. The molecule has 3 aliphatic heterocycles. The van der Waals surface area contributed by atoms with Crippen molar-refractivity contribution in [1.29, 1.82) is 0 Å². The maximum atomic E-state index is 6.11. The first-order valence-electron chi connectivity index (χ1n) is 10.3. The van der Waals surface area contributed by atoms with Gasteiger partial charge in [-0.1, -0.05) is 0 Å². The van der Waals surface area contributed by atoms with Crippen molar-refractivity contribution in [3.8, 4) is 11.6 Å². The molecule has 8 nitrogen and oxygen atoms in total. The normalized spacial score (nSPS) is 24.2. The first kappa shape index (κ1) is 18.4. The molecule has 0 amide bonds. The van der Waals surface area contributed by atoms with Crippen molar-refractivity contribution in [2.75, 3.05) is 43.2 Å². The number of morpholine rings is 1. The number of nitrogens with zero attached hydrogens (tertiary/aromatic N) is 5. The van der Waals surface area contributed by atoms with Gasteiger partial charge in [0.25, 0.3) is 0 Å². The lowest BCUT2D eigenvalue weighted by atomic mass is 10.1. The van der Waals surface area contributed by atoms with Crippen LogP contribution in [0, 0.1) is 6.92 Å². The highest BCUT2D eigenvalue weighted by Gasteiger charge is 2.40. The fourth-order valence-electron chi connectivity index (χ4n) is 4.63. The van der Waals surface area contributed by atoms with Crippen LogP contribution in [0.4, 0.5) is 11.6 Å². The summed E-state index contributed by atoms with van der Waals surface area (Å²) in [6.45, 7) is 5.73. The Balaban J connectivity index is 1.23. The number of aromatic nitrogens is 3. The van der Waals surface area contributed by atoms with Crippen LogP contribution in [0.15, 0.2) is 24.7 Å². The Labute approximate surface area is 170 Å². The predicted octanol–water partition coefficient (Wildman–Crippen LogP) is 2.21. The summed E-state index contributed by atoms with van der Waals surface area (Å²) in [6, 6.07) is 4.19. The highest BCUT2D eigenvalue weighted by molar-refractivity contribution is 5.60. The topological polar surface area (TPSA) is 72.8 Å². The van der Waals surface area contributed by atoms with Gasteiger partial charge in [0, 0.05) is 44.1 Å². The largest absolute Gasteiger partial charge is 0.489 e. The summed E-state index contributed by atoms with van der Waals surface area (Å²) in [5.41, 5.74) is 1.17. The van der Waals surface area contributed by atoms with E-state index >= 15 is 0 Å².